The average Bonchev–Trinajstić information content (AvgIpc) is 4.09. The number of rotatable bonds is 21. The lowest BCUT2D eigenvalue weighted by Gasteiger charge is -2.34. The minimum absolute atomic E-state index is 0.00267. The first-order chi connectivity index (χ1) is 40.7. The zero-order chi connectivity index (χ0) is 59.6. The molecule has 448 valence electrons. The number of carbonyl (C=O) groups excluding carboxylic acids is 2. The number of aromatic nitrogens is 4. The van der Waals surface area contributed by atoms with Crippen molar-refractivity contribution in [3.8, 4) is 45.5 Å². The topological polar surface area (TPSA) is 239 Å². The number of aliphatic imine (C=N–C) groups is 2. The van der Waals surface area contributed by atoms with Crippen molar-refractivity contribution in [1.82, 2.24) is 35.9 Å². The first kappa shape index (κ1) is 60.4. The lowest BCUT2D eigenvalue weighted by molar-refractivity contribution is -0.118. The number of nitrogens with one attached hydrogen (secondary N) is 4. The van der Waals surface area contributed by atoms with Gasteiger partial charge in [-0.15, -0.1) is 0 Å². The third-order valence-electron chi connectivity index (χ3n) is 15.1. The Kier molecular flexibility index (Phi) is 19.7. The fourth-order valence-electron chi connectivity index (χ4n) is 10.6. The van der Waals surface area contributed by atoms with Gasteiger partial charge >= 0.3 is 0 Å². The molecule has 4 aliphatic heterocycles. The summed E-state index contributed by atoms with van der Waals surface area (Å²) in [6.45, 7) is 15.3. The van der Waals surface area contributed by atoms with E-state index in [2.05, 4.69) is 51.1 Å². The molecular weight excluding hydrogens is 1100 g/mol. The molecule has 0 radical (unpaired) electrons. The Morgan fingerprint density at radius 3 is 1.86 bits per heavy atom. The van der Waals surface area contributed by atoms with E-state index >= 15 is 17.6 Å². The second-order valence-electron chi connectivity index (χ2n) is 20.3. The first-order valence-electron chi connectivity index (χ1n) is 27.4. The number of hydrogen-bond acceptors (Lipinski definition) is 18. The van der Waals surface area contributed by atoms with Gasteiger partial charge in [0.1, 0.15) is 17.8 Å². The number of pyridine rings is 2. The molecule has 22 nitrogen and oxygen atoms in total. The number of carbonyl (C=O) groups is 2. The third kappa shape index (κ3) is 13.4. The molecule has 0 spiro atoms. The van der Waals surface area contributed by atoms with Crippen LogP contribution in [-0.2, 0) is 28.5 Å². The highest BCUT2D eigenvalue weighted by molar-refractivity contribution is 5.93. The van der Waals surface area contributed by atoms with E-state index in [1.54, 1.807) is 14.0 Å². The van der Waals surface area contributed by atoms with Crippen molar-refractivity contribution in [3.05, 3.63) is 84.6 Å². The molecule has 2 aromatic carbocycles. The summed E-state index contributed by atoms with van der Waals surface area (Å²) in [6.07, 6.45) is 6.25. The molecule has 1 unspecified atom stereocenters. The predicted molar refractivity (Wildman–Crippen MR) is 307 cm³/mol. The van der Waals surface area contributed by atoms with Crippen LogP contribution in [0.15, 0.2) is 65.8 Å². The van der Waals surface area contributed by atoms with E-state index in [4.69, 9.17) is 57.8 Å². The molecule has 4 N–H and O–H groups in total. The van der Waals surface area contributed by atoms with Crippen molar-refractivity contribution in [2.75, 3.05) is 109 Å². The molecule has 9 rings (SSSR count). The summed E-state index contributed by atoms with van der Waals surface area (Å²) in [4.78, 5) is 56.6. The molecular formula is C58H68F4N12O10. The van der Waals surface area contributed by atoms with Gasteiger partial charge in [-0.05, 0) is 75.6 Å². The minimum atomic E-state index is -1.03. The molecule has 3 aromatic heterocycles. The van der Waals surface area contributed by atoms with Gasteiger partial charge in [0.25, 0.3) is 0 Å². The number of halogens is 4. The average molecular weight is 1170 g/mol. The Morgan fingerprint density at radius 1 is 0.690 bits per heavy atom. The summed E-state index contributed by atoms with van der Waals surface area (Å²) >= 11 is 0. The van der Waals surface area contributed by atoms with E-state index in [9.17, 15) is 9.59 Å². The summed E-state index contributed by atoms with van der Waals surface area (Å²) < 4.78 is 111. The van der Waals surface area contributed by atoms with Gasteiger partial charge in [0.2, 0.25) is 23.7 Å². The number of aryl methyl sites for hydroxylation is 1. The number of guanidine groups is 1. The van der Waals surface area contributed by atoms with E-state index in [0.29, 0.717) is 92.9 Å². The van der Waals surface area contributed by atoms with Crippen molar-refractivity contribution >= 4 is 58.7 Å². The SMILES string of the molecule is C=CC(=O)N[C@H]1CCOC[C@H]1N/C(N=C)=N/c1c(C)cc(-c2c(F)c(OC)cc(OCCOC3CCN(c4nc(-c5c(F)c(OC)cc(OC)c5F)cc5cnc(N[C@@H]6COCC[C@@H]6NC(=O)C=C)nc45)C3)c2F)nc1N1CCC(OC)CC1. The molecule has 4 aliphatic rings. The van der Waals surface area contributed by atoms with Crippen molar-refractivity contribution in [1.29, 1.82) is 0 Å². The van der Waals surface area contributed by atoms with Crippen LogP contribution in [-0.4, -0.2) is 175 Å². The van der Waals surface area contributed by atoms with Gasteiger partial charge in [0.05, 0.1) is 100 Å². The highest BCUT2D eigenvalue weighted by Crippen LogP contribution is 2.43. The van der Waals surface area contributed by atoms with Crippen LogP contribution in [0.4, 0.5) is 40.8 Å². The smallest absolute Gasteiger partial charge is 0.243 e. The fourth-order valence-corrected chi connectivity index (χ4v) is 10.6. The van der Waals surface area contributed by atoms with E-state index in [0.717, 1.165) is 12.1 Å². The van der Waals surface area contributed by atoms with Gasteiger partial charge in [-0.1, -0.05) is 13.2 Å². The Bertz CT molecular complexity index is 3270. The molecule has 0 saturated carbocycles. The highest BCUT2D eigenvalue weighted by Gasteiger charge is 2.34. The number of piperidine rings is 1. The molecule has 5 aromatic rings. The molecule has 5 atom stereocenters. The number of benzene rings is 2. The summed E-state index contributed by atoms with van der Waals surface area (Å²) in [6, 6.07) is 3.71. The Morgan fingerprint density at radius 2 is 1.25 bits per heavy atom. The summed E-state index contributed by atoms with van der Waals surface area (Å²) in [5.74, 6) is -4.96. The molecule has 84 heavy (non-hydrogen) atoms. The molecule has 7 heterocycles. The highest BCUT2D eigenvalue weighted by atomic mass is 19.1. The maximum Gasteiger partial charge on any atom is 0.243 e. The monoisotopic (exact) mass is 1170 g/mol. The normalized spacial score (nSPS) is 20.2. The summed E-state index contributed by atoms with van der Waals surface area (Å²) in [7, 11) is 5.41. The lowest BCUT2D eigenvalue weighted by atomic mass is 10.0. The van der Waals surface area contributed by atoms with Gasteiger partial charge < -0.3 is 69.0 Å². The van der Waals surface area contributed by atoms with E-state index in [1.165, 1.54) is 51.8 Å². The van der Waals surface area contributed by atoms with Crippen molar-refractivity contribution in [2.24, 2.45) is 9.98 Å². The van der Waals surface area contributed by atoms with E-state index in [-0.39, 0.29) is 115 Å². The fraction of sp³-hybridized carbons (Fsp3) is 0.448. The standard InChI is InChI=1S/C58H68F4N12O10/c1-9-45(75)65-35-14-19-81-29-39(35)69-57(63-4)71-53-31(3)23-37(67-55(53)73-16-11-33(77-5)12-17-73)47-51(61)43(80-8)26-44(52(47)62)84-22-21-83-34-13-18-74(28-34)56-54-32(24-38(68-56)48-49(59)41(78-6)25-42(79-7)50(48)60)27-64-58(72-54)70-40-30-82-20-15-36(40)66-46(76)10-2/h9-10,23-27,33-36,39-40H,1-2,4,11-22,28-30H2,3,5-8H3,(H,65,75)(H,66,76)(H,69,71)(H,64,70,72)/t34?,35-,36-,39+,40+/m0/s1. The largest absolute Gasteiger partial charge is 0.494 e. The van der Waals surface area contributed by atoms with Crippen LogP contribution in [0.25, 0.3) is 33.4 Å². The maximum atomic E-state index is 17.0. The number of fused-ring (bicyclic) bond motifs is 1. The number of amides is 2. The van der Waals surface area contributed by atoms with Crippen molar-refractivity contribution < 1.29 is 65.0 Å². The zero-order valence-corrected chi connectivity index (χ0v) is 47.4. The number of methoxy groups -OCH3 is 4. The Balaban J connectivity index is 0.960. The van der Waals surface area contributed by atoms with Gasteiger partial charge in [0.15, 0.2) is 57.9 Å². The molecule has 4 saturated heterocycles. The molecule has 0 bridgehead atoms. The lowest BCUT2D eigenvalue weighted by Crippen LogP contribution is -2.56. The Hall–Kier alpha value is -8.20. The predicted octanol–water partition coefficient (Wildman–Crippen LogP) is 6.54. The van der Waals surface area contributed by atoms with E-state index in [1.807, 2.05) is 9.80 Å². The number of hydrogen-bond donors (Lipinski definition) is 4. The minimum Gasteiger partial charge on any atom is -0.494 e. The number of nitrogens with zero attached hydrogens (tertiary/aromatic N) is 8. The number of anilines is 3. The summed E-state index contributed by atoms with van der Waals surface area (Å²) in [5.41, 5.74) is 0.1000. The quantitative estimate of drug-likeness (QED) is 0.0200. The second kappa shape index (κ2) is 27.5. The first-order valence-corrected chi connectivity index (χ1v) is 27.4. The number of ether oxygens (including phenoxy) is 8. The van der Waals surface area contributed by atoms with Crippen LogP contribution < -0.4 is 50.0 Å². The summed E-state index contributed by atoms with van der Waals surface area (Å²) in [5, 5.41) is 12.8. The van der Waals surface area contributed by atoms with Crippen LogP contribution in [0, 0.1) is 30.2 Å². The molecule has 4 fully saturated rings. The van der Waals surface area contributed by atoms with Crippen LogP contribution in [0.1, 0.15) is 37.7 Å². The zero-order valence-electron chi connectivity index (χ0n) is 47.4. The van der Waals surface area contributed by atoms with Gasteiger partial charge in [-0.2, -0.15) is 0 Å². The third-order valence-corrected chi connectivity index (χ3v) is 15.1. The van der Waals surface area contributed by atoms with Crippen LogP contribution in [0.2, 0.25) is 0 Å². The Labute approximate surface area is 483 Å². The van der Waals surface area contributed by atoms with Gasteiger partial charge in [-0.3, -0.25) is 9.59 Å². The van der Waals surface area contributed by atoms with Crippen LogP contribution in [0.5, 0.6) is 23.0 Å². The van der Waals surface area contributed by atoms with Crippen LogP contribution in [0.3, 0.4) is 0 Å². The molecule has 0 aliphatic carbocycles. The molecule has 2 amide bonds. The van der Waals surface area contributed by atoms with Crippen molar-refractivity contribution in [3.63, 3.8) is 0 Å². The molecule has 26 heteroatoms. The van der Waals surface area contributed by atoms with Crippen LogP contribution >= 0.6 is 0 Å². The van der Waals surface area contributed by atoms with Gasteiger partial charge in [-0.25, -0.2) is 47.5 Å². The van der Waals surface area contributed by atoms with Gasteiger partial charge in [0, 0.05) is 70.2 Å². The van der Waals surface area contributed by atoms with E-state index < -0.39 is 52.6 Å². The maximum absolute atomic E-state index is 17.0. The second-order valence-corrected chi connectivity index (χ2v) is 20.3. The van der Waals surface area contributed by atoms with Crippen molar-refractivity contribution in [2.45, 2.75) is 75.4 Å².